The van der Waals surface area contributed by atoms with Crippen molar-refractivity contribution in [1.82, 2.24) is 0 Å². The zero-order valence-corrected chi connectivity index (χ0v) is 10.0. The maximum absolute atomic E-state index is 9.55. The van der Waals surface area contributed by atoms with E-state index < -0.39 is 0 Å². The Morgan fingerprint density at radius 2 is 2.07 bits per heavy atom. The predicted octanol–water partition coefficient (Wildman–Crippen LogP) is 3.57. The second-order valence-corrected chi connectivity index (χ2v) is 5.34. The summed E-state index contributed by atoms with van der Waals surface area (Å²) in [4.78, 5) is 0. The van der Waals surface area contributed by atoms with Gasteiger partial charge >= 0.3 is 0 Å². The minimum Gasteiger partial charge on any atom is -0.508 e. The third-order valence-corrected chi connectivity index (χ3v) is 4.28. The van der Waals surface area contributed by atoms with Gasteiger partial charge < -0.3 is 5.11 Å². The van der Waals surface area contributed by atoms with Crippen LogP contribution in [0.4, 0.5) is 0 Å². The predicted molar refractivity (Wildman–Crippen MR) is 66.6 cm³/mol. The first-order valence-electron chi connectivity index (χ1n) is 5.55. The third kappa shape index (κ3) is 2.15. The molecule has 0 atom stereocenters. The van der Waals surface area contributed by atoms with Crippen LogP contribution in [0.5, 0.6) is 5.75 Å². The molecule has 15 heavy (non-hydrogen) atoms. The van der Waals surface area contributed by atoms with Gasteiger partial charge in [-0.05, 0) is 36.8 Å². The highest BCUT2D eigenvalue weighted by Crippen LogP contribution is 2.43. The van der Waals surface area contributed by atoms with E-state index in [0.717, 1.165) is 0 Å². The number of phenols is 1. The quantitative estimate of drug-likeness (QED) is 0.843. The SMILES string of the molecule is CSCC1(c2cccc(O)c2)CCCC1. The molecule has 1 fully saturated rings. The van der Waals surface area contributed by atoms with Crippen molar-refractivity contribution in [2.24, 2.45) is 0 Å². The molecule has 0 heterocycles. The fourth-order valence-electron chi connectivity index (χ4n) is 2.68. The molecule has 1 aromatic rings. The summed E-state index contributed by atoms with van der Waals surface area (Å²) < 4.78 is 0. The monoisotopic (exact) mass is 222 g/mol. The fraction of sp³-hybridized carbons (Fsp3) is 0.538. The van der Waals surface area contributed by atoms with Gasteiger partial charge in [-0.2, -0.15) is 11.8 Å². The van der Waals surface area contributed by atoms with Gasteiger partial charge in [0, 0.05) is 11.2 Å². The minimum atomic E-state index is 0.332. The van der Waals surface area contributed by atoms with Gasteiger partial charge in [-0.25, -0.2) is 0 Å². The Morgan fingerprint density at radius 3 is 2.67 bits per heavy atom. The second kappa shape index (κ2) is 4.48. The molecule has 0 unspecified atom stereocenters. The average Bonchev–Trinajstić information content (AvgIpc) is 2.68. The topological polar surface area (TPSA) is 20.2 Å². The maximum Gasteiger partial charge on any atom is 0.115 e. The number of thioether (sulfide) groups is 1. The van der Waals surface area contributed by atoms with Crippen LogP contribution >= 0.6 is 11.8 Å². The average molecular weight is 222 g/mol. The fourth-order valence-corrected chi connectivity index (χ4v) is 3.69. The summed E-state index contributed by atoms with van der Waals surface area (Å²) in [5.74, 6) is 1.58. The molecule has 0 aromatic heterocycles. The van der Waals surface area contributed by atoms with Gasteiger partial charge in [0.1, 0.15) is 5.75 Å². The van der Waals surface area contributed by atoms with Crippen LogP contribution in [0.2, 0.25) is 0 Å². The molecule has 2 rings (SSSR count). The number of hydrogen-bond donors (Lipinski definition) is 1. The number of hydrogen-bond acceptors (Lipinski definition) is 2. The van der Waals surface area contributed by atoms with E-state index in [1.54, 1.807) is 6.07 Å². The van der Waals surface area contributed by atoms with Crippen LogP contribution in [0.25, 0.3) is 0 Å². The molecule has 2 heteroatoms. The molecule has 0 aliphatic heterocycles. The van der Waals surface area contributed by atoms with Gasteiger partial charge in [-0.3, -0.25) is 0 Å². The molecule has 1 N–H and O–H groups in total. The van der Waals surface area contributed by atoms with Crippen LogP contribution in [0.15, 0.2) is 24.3 Å². The lowest BCUT2D eigenvalue weighted by atomic mass is 9.81. The Hall–Kier alpha value is -0.630. The first-order chi connectivity index (χ1) is 7.27. The lowest BCUT2D eigenvalue weighted by molar-refractivity contribution is 0.463. The van der Waals surface area contributed by atoms with Crippen LogP contribution < -0.4 is 0 Å². The number of benzene rings is 1. The summed E-state index contributed by atoms with van der Waals surface area (Å²) in [5.41, 5.74) is 1.66. The van der Waals surface area contributed by atoms with Crippen molar-refractivity contribution in [3.63, 3.8) is 0 Å². The van der Waals surface area contributed by atoms with Crippen molar-refractivity contribution < 1.29 is 5.11 Å². The molecule has 0 radical (unpaired) electrons. The molecule has 1 saturated carbocycles. The van der Waals surface area contributed by atoms with Crippen molar-refractivity contribution in [3.8, 4) is 5.75 Å². The van der Waals surface area contributed by atoms with E-state index in [9.17, 15) is 5.11 Å². The molecule has 1 nitrogen and oxygen atoms in total. The maximum atomic E-state index is 9.55. The molecular weight excluding hydrogens is 204 g/mol. The molecule has 0 bridgehead atoms. The largest absolute Gasteiger partial charge is 0.508 e. The van der Waals surface area contributed by atoms with E-state index in [2.05, 4.69) is 12.3 Å². The molecular formula is C13H18OS. The van der Waals surface area contributed by atoms with E-state index in [1.807, 2.05) is 23.9 Å². The second-order valence-electron chi connectivity index (χ2n) is 4.47. The lowest BCUT2D eigenvalue weighted by Crippen LogP contribution is -2.24. The molecule has 1 aliphatic carbocycles. The van der Waals surface area contributed by atoms with Crippen LogP contribution in [0.1, 0.15) is 31.2 Å². The first-order valence-corrected chi connectivity index (χ1v) is 6.95. The lowest BCUT2D eigenvalue weighted by Gasteiger charge is -2.28. The molecule has 1 aromatic carbocycles. The number of rotatable bonds is 3. The normalized spacial score (nSPS) is 19.3. The van der Waals surface area contributed by atoms with E-state index in [4.69, 9.17) is 0 Å². The van der Waals surface area contributed by atoms with Gasteiger partial charge in [0.2, 0.25) is 0 Å². The van der Waals surface area contributed by atoms with Crippen molar-refractivity contribution in [3.05, 3.63) is 29.8 Å². The molecule has 82 valence electrons. The highest BCUT2D eigenvalue weighted by molar-refractivity contribution is 7.98. The summed E-state index contributed by atoms with van der Waals surface area (Å²) in [6.07, 6.45) is 7.38. The molecule has 0 spiro atoms. The Bertz CT molecular complexity index is 329. The van der Waals surface area contributed by atoms with E-state index in [0.29, 0.717) is 11.2 Å². The molecule has 1 aliphatic rings. The Balaban J connectivity index is 2.31. The Labute approximate surface area is 95.9 Å². The Kier molecular flexibility index (Phi) is 3.25. The van der Waals surface area contributed by atoms with Crippen molar-refractivity contribution >= 4 is 11.8 Å². The van der Waals surface area contributed by atoms with Crippen molar-refractivity contribution in [2.45, 2.75) is 31.1 Å². The summed E-state index contributed by atoms with van der Waals surface area (Å²) >= 11 is 1.92. The minimum absolute atomic E-state index is 0.332. The van der Waals surface area contributed by atoms with Crippen LogP contribution in [-0.2, 0) is 5.41 Å². The van der Waals surface area contributed by atoms with Gasteiger partial charge in [-0.15, -0.1) is 0 Å². The van der Waals surface area contributed by atoms with Crippen molar-refractivity contribution in [2.75, 3.05) is 12.0 Å². The van der Waals surface area contributed by atoms with E-state index in [1.165, 1.54) is 37.0 Å². The van der Waals surface area contributed by atoms with E-state index >= 15 is 0 Å². The van der Waals surface area contributed by atoms with Gasteiger partial charge in [0.05, 0.1) is 0 Å². The number of phenolic OH excluding ortho intramolecular Hbond substituents is 1. The van der Waals surface area contributed by atoms with E-state index in [-0.39, 0.29) is 0 Å². The Morgan fingerprint density at radius 1 is 1.33 bits per heavy atom. The van der Waals surface area contributed by atoms with Gasteiger partial charge in [-0.1, -0.05) is 25.0 Å². The summed E-state index contributed by atoms with van der Waals surface area (Å²) in [5, 5.41) is 9.55. The summed E-state index contributed by atoms with van der Waals surface area (Å²) in [6, 6.07) is 7.83. The summed E-state index contributed by atoms with van der Waals surface area (Å²) in [6.45, 7) is 0. The molecule has 0 amide bonds. The van der Waals surface area contributed by atoms with Gasteiger partial charge in [0.15, 0.2) is 0 Å². The highest BCUT2D eigenvalue weighted by atomic mass is 32.2. The van der Waals surface area contributed by atoms with Crippen molar-refractivity contribution in [1.29, 1.82) is 0 Å². The smallest absolute Gasteiger partial charge is 0.115 e. The zero-order chi connectivity index (χ0) is 10.7. The van der Waals surface area contributed by atoms with Crippen LogP contribution in [-0.4, -0.2) is 17.1 Å². The molecule has 0 saturated heterocycles. The van der Waals surface area contributed by atoms with Gasteiger partial charge in [0.25, 0.3) is 0 Å². The number of aromatic hydroxyl groups is 1. The van der Waals surface area contributed by atoms with Crippen LogP contribution in [0.3, 0.4) is 0 Å². The first kappa shape index (κ1) is 10.9. The zero-order valence-electron chi connectivity index (χ0n) is 9.20. The van der Waals surface area contributed by atoms with Crippen LogP contribution in [0, 0.1) is 0 Å². The third-order valence-electron chi connectivity index (χ3n) is 3.44. The summed E-state index contributed by atoms with van der Waals surface area (Å²) in [7, 11) is 0. The highest BCUT2D eigenvalue weighted by Gasteiger charge is 2.35. The standard InChI is InChI=1S/C13H18OS/c1-15-10-13(7-2-3-8-13)11-5-4-6-12(14)9-11/h4-6,9,14H,2-3,7-8,10H2,1H3.